The number of rotatable bonds is 8. The van der Waals surface area contributed by atoms with Crippen molar-refractivity contribution < 1.29 is 50.5 Å². The van der Waals surface area contributed by atoms with E-state index in [0.29, 0.717) is 17.7 Å². The first-order chi connectivity index (χ1) is 16.2. The second kappa shape index (κ2) is 11.4. The van der Waals surface area contributed by atoms with Gasteiger partial charge in [0.05, 0.1) is 24.3 Å². The smallest absolute Gasteiger partial charge is 0.416 e. The summed E-state index contributed by atoms with van der Waals surface area (Å²) in [6.45, 7) is 3.00. The highest BCUT2D eigenvalue weighted by Crippen LogP contribution is 2.36. The van der Waals surface area contributed by atoms with Crippen LogP contribution in [0.15, 0.2) is 36.4 Å². The Balaban J connectivity index is 2.23. The van der Waals surface area contributed by atoms with Gasteiger partial charge in [-0.05, 0) is 49.7 Å². The van der Waals surface area contributed by atoms with Crippen LogP contribution in [-0.4, -0.2) is 37.0 Å². The van der Waals surface area contributed by atoms with Crippen molar-refractivity contribution in [2.45, 2.75) is 44.8 Å². The van der Waals surface area contributed by atoms with E-state index in [9.17, 15) is 36.2 Å². The molecular formula is C24H22F6O5. The summed E-state index contributed by atoms with van der Waals surface area (Å²) < 4.78 is 93.9. The average Bonchev–Trinajstić information content (AvgIpc) is 2.74. The zero-order valence-corrected chi connectivity index (χ0v) is 18.9. The Morgan fingerprint density at radius 1 is 0.971 bits per heavy atom. The molecule has 2 aromatic rings. The van der Waals surface area contributed by atoms with Crippen molar-refractivity contribution in [1.82, 2.24) is 0 Å². The van der Waals surface area contributed by atoms with E-state index >= 15 is 0 Å². The molecule has 0 aliphatic rings. The van der Waals surface area contributed by atoms with Crippen molar-refractivity contribution >= 4 is 5.97 Å². The van der Waals surface area contributed by atoms with Gasteiger partial charge < -0.3 is 19.3 Å². The van der Waals surface area contributed by atoms with E-state index in [4.69, 9.17) is 14.2 Å². The lowest BCUT2D eigenvalue weighted by molar-refractivity contribution is -0.153. The Labute approximate surface area is 197 Å². The minimum Gasteiger partial charge on any atom is -0.493 e. The van der Waals surface area contributed by atoms with Gasteiger partial charge in [0.2, 0.25) is 0 Å². The molecular weight excluding hydrogens is 482 g/mol. The maximum absolute atomic E-state index is 13.0. The summed E-state index contributed by atoms with van der Waals surface area (Å²) in [5.74, 6) is 3.91. The Kier molecular flexibility index (Phi) is 9.04. The summed E-state index contributed by atoms with van der Waals surface area (Å²) >= 11 is 0. The fraction of sp³-hybridized carbons (Fsp3) is 0.375. The summed E-state index contributed by atoms with van der Waals surface area (Å²) in [5.41, 5.74) is -2.88. The molecule has 0 bridgehead atoms. The molecule has 2 aromatic carbocycles. The summed E-state index contributed by atoms with van der Waals surface area (Å²) in [5, 5.41) is 9.33. The van der Waals surface area contributed by atoms with Crippen molar-refractivity contribution in [2.24, 2.45) is 0 Å². The van der Waals surface area contributed by atoms with E-state index < -0.39 is 41.1 Å². The first-order valence-corrected chi connectivity index (χ1v) is 10.2. The Morgan fingerprint density at radius 3 is 2.06 bits per heavy atom. The third-order valence-electron chi connectivity index (χ3n) is 4.48. The topological polar surface area (TPSA) is 65.0 Å². The summed E-state index contributed by atoms with van der Waals surface area (Å²) in [6.07, 6.45) is -11.4. The van der Waals surface area contributed by atoms with E-state index in [-0.39, 0.29) is 36.7 Å². The highest BCUT2D eigenvalue weighted by molar-refractivity contribution is 5.72. The number of carboxylic acids is 1. The number of carboxylic acid groups (broad SMARTS) is 1. The lowest BCUT2D eigenvalue weighted by atomic mass is 10.0. The van der Waals surface area contributed by atoms with Crippen LogP contribution in [0.4, 0.5) is 26.3 Å². The van der Waals surface area contributed by atoms with Crippen molar-refractivity contribution in [3.63, 3.8) is 0 Å². The minimum atomic E-state index is -4.98. The molecule has 0 aromatic heterocycles. The Morgan fingerprint density at radius 2 is 1.57 bits per heavy atom. The van der Waals surface area contributed by atoms with Crippen LogP contribution < -0.4 is 9.47 Å². The van der Waals surface area contributed by atoms with Gasteiger partial charge in [-0.25, -0.2) is 4.79 Å². The molecule has 1 unspecified atom stereocenters. The highest BCUT2D eigenvalue weighted by atomic mass is 19.4. The van der Waals surface area contributed by atoms with Crippen molar-refractivity contribution in [2.75, 3.05) is 13.7 Å². The van der Waals surface area contributed by atoms with Crippen LogP contribution in [-0.2, 0) is 28.3 Å². The molecule has 0 spiro atoms. The van der Waals surface area contributed by atoms with Crippen LogP contribution in [0, 0.1) is 11.8 Å². The predicted molar refractivity (Wildman–Crippen MR) is 113 cm³/mol. The molecule has 0 saturated heterocycles. The maximum Gasteiger partial charge on any atom is 0.416 e. The van der Waals surface area contributed by atoms with Gasteiger partial charge >= 0.3 is 18.3 Å². The Bertz CT molecular complexity index is 1060. The van der Waals surface area contributed by atoms with E-state index in [2.05, 4.69) is 11.8 Å². The van der Waals surface area contributed by atoms with E-state index in [1.165, 1.54) is 19.2 Å². The molecule has 35 heavy (non-hydrogen) atoms. The van der Waals surface area contributed by atoms with Crippen molar-refractivity contribution in [3.8, 4) is 23.3 Å². The first-order valence-electron chi connectivity index (χ1n) is 10.2. The van der Waals surface area contributed by atoms with E-state index in [0.717, 1.165) is 0 Å². The third-order valence-corrected chi connectivity index (χ3v) is 4.48. The van der Waals surface area contributed by atoms with Gasteiger partial charge in [-0.2, -0.15) is 26.3 Å². The molecule has 0 fully saturated rings. The van der Waals surface area contributed by atoms with Gasteiger partial charge in [-0.1, -0.05) is 17.9 Å². The standard InChI is InChI=1S/C24H22F6O5/c1-14(2)35-21(22(31)32)12-16-6-7-19(33-3)20(11-16)34-8-4-5-15-9-17(23(25,26)27)13-18(10-15)24(28,29)30/h6-7,9-11,13-14,21H,8,12H2,1-3H3,(H,31,32). The van der Waals surface area contributed by atoms with Crippen LogP contribution in [0.5, 0.6) is 11.5 Å². The van der Waals surface area contributed by atoms with Gasteiger partial charge in [0.1, 0.15) is 6.61 Å². The quantitative estimate of drug-likeness (QED) is 0.376. The van der Waals surface area contributed by atoms with Gasteiger partial charge in [0.15, 0.2) is 17.6 Å². The molecule has 0 amide bonds. The molecule has 0 aliphatic heterocycles. The summed E-state index contributed by atoms with van der Waals surface area (Å²) in [7, 11) is 1.36. The molecule has 5 nitrogen and oxygen atoms in total. The second-order valence-corrected chi connectivity index (χ2v) is 7.59. The summed E-state index contributed by atoms with van der Waals surface area (Å²) in [4.78, 5) is 11.4. The van der Waals surface area contributed by atoms with Crippen LogP contribution in [0.3, 0.4) is 0 Å². The van der Waals surface area contributed by atoms with Crippen molar-refractivity contribution in [3.05, 3.63) is 58.7 Å². The fourth-order valence-corrected chi connectivity index (χ4v) is 2.98. The van der Waals surface area contributed by atoms with Gasteiger partial charge in [0, 0.05) is 12.0 Å². The van der Waals surface area contributed by atoms with Gasteiger partial charge in [0.25, 0.3) is 0 Å². The van der Waals surface area contributed by atoms with Gasteiger partial charge in [-0.15, -0.1) is 0 Å². The van der Waals surface area contributed by atoms with E-state index in [1.807, 2.05) is 0 Å². The molecule has 1 N–H and O–H groups in total. The third kappa shape index (κ3) is 8.40. The number of benzene rings is 2. The van der Waals surface area contributed by atoms with Crippen molar-refractivity contribution in [1.29, 1.82) is 0 Å². The first kappa shape index (κ1) is 27.9. The second-order valence-electron chi connectivity index (χ2n) is 7.59. The molecule has 2 rings (SSSR count). The normalized spacial score (nSPS) is 12.6. The lowest BCUT2D eigenvalue weighted by Gasteiger charge is -2.17. The number of carbonyl (C=O) groups is 1. The number of hydrogen-bond donors (Lipinski definition) is 1. The van der Waals surface area contributed by atoms with Crippen LogP contribution >= 0.6 is 0 Å². The number of halogens is 6. The van der Waals surface area contributed by atoms with Crippen LogP contribution in [0.1, 0.15) is 36.1 Å². The monoisotopic (exact) mass is 504 g/mol. The predicted octanol–water partition coefficient (Wildman–Crippen LogP) is 5.58. The molecule has 11 heteroatoms. The number of ether oxygens (including phenoxy) is 3. The lowest BCUT2D eigenvalue weighted by Crippen LogP contribution is -2.29. The average molecular weight is 504 g/mol. The number of aliphatic carboxylic acids is 1. The Hall–Kier alpha value is -3.39. The molecule has 0 aliphatic carbocycles. The molecule has 190 valence electrons. The molecule has 0 saturated carbocycles. The molecule has 1 atom stereocenters. The minimum absolute atomic E-state index is 0.0179. The van der Waals surface area contributed by atoms with Gasteiger partial charge in [-0.3, -0.25) is 0 Å². The molecule has 0 heterocycles. The van der Waals surface area contributed by atoms with Crippen LogP contribution in [0.2, 0.25) is 0 Å². The fourth-order valence-electron chi connectivity index (χ4n) is 2.98. The highest BCUT2D eigenvalue weighted by Gasteiger charge is 2.36. The number of methoxy groups -OCH3 is 1. The van der Waals surface area contributed by atoms with E-state index in [1.54, 1.807) is 19.9 Å². The van der Waals surface area contributed by atoms with Crippen LogP contribution in [0.25, 0.3) is 0 Å². The number of hydrogen-bond acceptors (Lipinski definition) is 4. The summed E-state index contributed by atoms with van der Waals surface area (Å²) in [6, 6.07) is 5.68. The zero-order valence-electron chi connectivity index (χ0n) is 18.9. The largest absolute Gasteiger partial charge is 0.493 e. The maximum atomic E-state index is 13.0. The SMILES string of the molecule is COc1ccc(CC(OC(C)C)C(=O)O)cc1OCC#Cc1cc(C(F)(F)F)cc(C(F)(F)F)c1. The zero-order chi connectivity index (χ0) is 26.4. The molecule has 0 radical (unpaired) electrons. The number of alkyl halides is 6.